The molecule has 0 saturated carbocycles. The molecule has 1 heterocycles. The summed E-state index contributed by atoms with van der Waals surface area (Å²) in [6, 6.07) is 18.3. The molecule has 0 fully saturated rings. The Morgan fingerprint density at radius 1 is 0.903 bits per heavy atom. The fourth-order valence-corrected chi connectivity index (χ4v) is 3.39. The van der Waals surface area contributed by atoms with Gasteiger partial charge in [-0.3, -0.25) is 9.79 Å². The summed E-state index contributed by atoms with van der Waals surface area (Å²) in [5.41, 5.74) is -0.436. The molecular formula is C24H17F3N2O2. The number of rotatable bonds is 3. The second kappa shape index (κ2) is 7.75. The van der Waals surface area contributed by atoms with Gasteiger partial charge in [0.25, 0.3) is 5.56 Å². The molecule has 0 bridgehead atoms. The number of fused-ring (bicyclic) bond motifs is 1. The van der Waals surface area contributed by atoms with E-state index < -0.39 is 28.9 Å². The smallest absolute Gasteiger partial charge is 0.418 e. The Bertz CT molecular complexity index is 1350. The predicted octanol–water partition coefficient (Wildman–Crippen LogP) is 5.77. The van der Waals surface area contributed by atoms with E-state index in [0.29, 0.717) is 15.6 Å². The third-order valence-corrected chi connectivity index (χ3v) is 4.93. The monoisotopic (exact) mass is 422 g/mol. The second-order valence-corrected chi connectivity index (χ2v) is 7.03. The number of aromatic hydroxyl groups is 1. The highest BCUT2D eigenvalue weighted by Gasteiger charge is 2.34. The zero-order valence-electron chi connectivity index (χ0n) is 16.4. The van der Waals surface area contributed by atoms with Gasteiger partial charge < -0.3 is 5.11 Å². The molecule has 4 rings (SSSR count). The molecule has 7 heteroatoms. The minimum absolute atomic E-state index is 0.146. The number of halogens is 3. The van der Waals surface area contributed by atoms with E-state index in [1.807, 2.05) is 19.1 Å². The lowest BCUT2D eigenvalue weighted by Crippen LogP contribution is -2.23. The standard InChI is InChI=1S/C24H17F3N2O2/c1-15-10-12-16(13-11-15)28-14-19-17-6-2-3-7-18(17)22(30)29(23(19)31)21-9-5-4-8-20(21)24(25,26)27/h2-14,31H,1H3. The van der Waals surface area contributed by atoms with Gasteiger partial charge in [0.05, 0.1) is 22.5 Å². The molecule has 0 amide bonds. The number of benzene rings is 3. The zero-order valence-corrected chi connectivity index (χ0v) is 16.4. The number of pyridine rings is 1. The van der Waals surface area contributed by atoms with Gasteiger partial charge in [-0.05, 0) is 37.3 Å². The summed E-state index contributed by atoms with van der Waals surface area (Å²) < 4.78 is 41.5. The third-order valence-electron chi connectivity index (χ3n) is 4.93. The van der Waals surface area contributed by atoms with Gasteiger partial charge in [0.2, 0.25) is 5.88 Å². The molecule has 0 aliphatic heterocycles. The van der Waals surface area contributed by atoms with Crippen LogP contribution in [0.4, 0.5) is 18.9 Å². The normalized spacial score (nSPS) is 12.0. The lowest BCUT2D eigenvalue weighted by Gasteiger charge is -2.18. The highest BCUT2D eigenvalue weighted by atomic mass is 19.4. The highest BCUT2D eigenvalue weighted by molar-refractivity contribution is 6.02. The number of para-hydroxylation sites is 1. The minimum Gasteiger partial charge on any atom is -0.494 e. The first-order valence-corrected chi connectivity index (χ1v) is 9.41. The first-order valence-electron chi connectivity index (χ1n) is 9.41. The number of alkyl halides is 3. The SMILES string of the molecule is Cc1ccc(N=Cc2c(O)n(-c3ccccc3C(F)(F)F)c(=O)c3ccccc23)cc1. The maximum absolute atomic E-state index is 13.6. The van der Waals surface area contributed by atoms with Gasteiger partial charge in [-0.1, -0.05) is 48.0 Å². The molecule has 3 aromatic carbocycles. The second-order valence-electron chi connectivity index (χ2n) is 7.03. The summed E-state index contributed by atoms with van der Waals surface area (Å²) in [7, 11) is 0. The van der Waals surface area contributed by atoms with Crippen LogP contribution in [0.1, 0.15) is 16.7 Å². The molecule has 0 aliphatic carbocycles. The number of aliphatic imine (C=N–C) groups is 1. The largest absolute Gasteiger partial charge is 0.494 e. The summed E-state index contributed by atoms with van der Waals surface area (Å²) in [6.07, 6.45) is -3.35. The minimum atomic E-state index is -4.70. The van der Waals surface area contributed by atoms with Crippen LogP contribution < -0.4 is 5.56 Å². The third kappa shape index (κ3) is 3.82. The van der Waals surface area contributed by atoms with Crippen LogP contribution >= 0.6 is 0 Å². The maximum Gasteiger partial charge on any atom is 0.418 e. The van der Waals surface area contributed by atoms with Crippen molar-refractivity contribution in [2.45, 2.75) is 13.1 Å². The van der Waals surface area contributed by atoms with Crippen molar-refractivity contribution in [2.75, 3.05) is 0 Å². The van der Waals surface area contributed by atoms with E-state index in [9.17, 15) is 23.1 Å². The maximum atomic E-state index is 13.6. The number of hydrogen-bond donors (Lipinski definition) is 1. The summed E-state index contributed by atoms with van der Waals surface area (Å²) in [6.45, 7) is 1.93. The molecule has 0 spiro atoms. The van der Waals surface area contributed by atoms with Crippen LogP contribution in [0.3, 0.4) is 0 Å². The highest BCUT2D eigenvalue weighted by Crippen LogP contribution is 2.35. The summed E-state index contributed by atoms with van der Waals surface area (Å²) in [5, 5.41) is 11.5. The van der Waals surface area contributed by atoms with Crippen LogP contribution in [0.5, 0.6) is 5.88 Å². The summed E-state index contributed by atoms with van der Waals surface area (Å²) in [5.74, 6) is -0.615. The molecule has 156 valence electrons. The Morgan fingerprint density at radius 2 is 1.52 bits per heavy atom. The van der Waals surface area contributed by atoms with Crippen molar-refractivity contribution in [1.82, 2.24) is 4.57 Å². The van der Waals surface area contributed by atoms with Gasteiger partial charge in [-0.25, -0.2) is 4.57 Å². The molecule has 0 saturated heterocycles. The molecule has 0 aliphatic rings. The van der Waals surface area contributed by atoms with Crippen molar-refractivity contribution < 1.29 is 18.3 Å². The molecule has 1 aromatic heterocycles. The fourth-order valence-electron chi connectivity index (χ4n) is 3.39. The van der Waals surface area contributed by atoms with Crippen LogP contribution in [0.15, 0.2) is 82.6 Å². The van der Waals surface area contributed by atoms with Crippen molar-refractivity contribution in [3.05, 3.63) is 99.8 Å². The van der Waals surface area contributed by atoms with Crippen molar-refractivity contribution >= 4 is 22.7 Å². The molecule has 0 radical (unpaired) electrons. The topological polar surface area (TPSA) is 54.6 Å². The van der Waals surface area contributed by atoms with Crippen molar-refractivity contribution in [2.24, 2.45) is 4.99 Å². The van der Waals surface area contributed by atoms with E-state index in [-0.39, 0.29) is 10.9 Å². The first-order chi connectivity index (χ1) is 14.8. The number of nitrogens with zero attached hydrogens (tertiary/aromatic N) is 2. The fraction of sp³-hybridized carbons (Fsp3) is 0.0833. The van der Waals surface area contributed by atoms with E-state index >= 15 is 0 Å². The Labute approximate surface area is 175 Å². The van der Waals surface area contributed by atoms with E-state index in [4.69, 9.17) is 0 Å². The molecule has 0 atom stereocenters. The van der Waals surface area contributed by atoms with Crippen LogP contribution in [0.2, 0.25) is 0 Å². The predicted molar refractivity (Wildman–Crippen MR) is 115 cm³/mol. The van der Waals surface area contributed by atoms with Gasteiger partial charge in [0.1, 0.15) is 0 Å². The van der Waals surface area contributed by atoms with Gasteiger partial charge >= 0.3 is 6.18 Å². The molecule has 4 aromatic rings. The average Bonchev–Trinajstić information content (AvgIpc) is 2.75. The first kappa shape index (κ1) is 20.4. The Kier molecular flexibility index (Phi) is 5.10. The van der Waals surface area contributed by atoms with E-state index in [2.05, 4.69) is 4.99 Å². The van der Waals surface area contributed by atoms with E-state index in [0.717, 1.165) is 17.7 Å². The lowest BCUT2D eigenvalue weighted by molar-refractivity contribution is -0.137. The Morgan fingerprint density at radius 3 is 2.19 bits per heavy atom. The van der Waals surface area contributed by atoms with Crippen molar-refractivity contribution in [1.29, 1.82) is 0 Å². The van der Waals surface area contributed by atoms with Crippen LogP contribution in [0.25, 0.3) is 16.5 Å². The average molecular weight is 422 g/mol. The molecule has 4 nitrogen and oxygen atoms in total. The van der Waals surface area contributed by atoms with Crippen LogP contribution in [-0.4, -0.2) is 15.9 Å². The number of aromatic nitrogens is 1. The number of hydrogen-bond acceptors (Lipinski definition) is 3. The van der Waals surface area contributed by atoms with Crippen molar-refractivity contribution in [3.63, 3.8) is 0 Å². The Balaban J connectivity index is 2.01. The van der Waals surface area contributed by atoms with E-state index in [1.165, 1.54) is 24.4 Å². The van der Waals surface area contributed by atoms with Gasteiger partial charge in [0.15, 0.2) is 0 Å². The summed E-state index contributed by atoms with van der Waals surface area (Å²) in [4.78, 5) is 17.4. The van der Waals surface area contributed by atoms with Crippen molar-refractivity contribution in [3.8, 4) is 11.6 Å². The van der Waals surface area contributed by atoms with Gasteiger partial charge in [0, 0.05) is 17.0 Å². The van der Waals surface area contributed by atoms with E-state index in [1.54, 1.807) is 30.3 Å². The summed E-state index contributed by atoms with van der Waals surface area (Å²) >= 11 is 0. The van der Waals surface area contributed by atoms with Crippen LogP contribution in [0, 0.1) is 6.92 Å². The lowest BCUT2D eigenvalue weighted by atomic mass is 10.1. The van der Waals surface area contributed by atoms with Crippen LogP contribution in [-0.2, 0) is 6.18 Å². The van der Waals surface area contributed by atoms with Gasteiger partial charge in [-0.2, -0.15) is 13.2 Å². The van der Waals surface area contributed by atoms with Gasteiger partial charge in [-0.15, -0.1) is 0 Å². The molecular weight excluding hydrogens is 405 g/mol. The Hall–Kier alpha value is -3.87. The number of aryl methyl sites for hydroxylation is 1. The molecule has 1 N–H and O–H groups in total. The quantitative estimate of drug-likeness (QED) is 0.426. The molecule has 0 unspecified atom stereocenters. The zero-order chi connectivity index (χ0) is 22.2. The molecule has 31 heavy (non-hydrogen) atoms.